The van der Waals surface area contributed by atoms with E-state index in [1.54, 1.807) is 48.7 Å². The highest BCUT2D eigenvalue weighted by atomic mass is 16.7. The molecule has 2 aromatic heterocycles. The molecule has 1 saturated carbocycles. The fourth-order valence-electron chi connectivity index (χ4n) is 5.22. The summed E-state index contributed by atoms with van der Waals surface area (Å²) >= 11 is 0. The van der Waals surface area contributed by atoms with E-state index in [1.807, 2.05) is 29.8 Å². The number of ether oxygens (including phenoxy) is 3. The van der Waals surface area contributed by atoms with Gasteiger partial charge in [-0.15, -0.1) is 0 Å². The minimum atomic E-state index is -0.702. The molecule has 268 valence electrons. The number of nitrogens with one attached hydrogen (secondary N) is 1. The summed E-state index contributed by atoms with van der Waals surface area (Å²) in [4.78, 5) is 64.2. The number of nitrogens with zero attached hydrogens (tertiary/aromatic N) is 5. The second-order valence-electron chi connectivity index (χ2n) is 12.2. The standard InChI is InChI=1S/C37H43N7O7/c1-3-4-5-8-21-49-37(48)42-34(38)25-12-15-28(16-13-25)40-23-32-41-29-22-27(14-17-30(29)43(32)2)35(46)44(31-9-6-7-19-39-31)20-18-33(45)50-24-51-36(47)26-10-11-26/h6-7,9,12-17,19,22,26,40H,3-5,8,10-11,18,20-21,23-24H2,1-2H3,(H2,38,42,48). The molecule has 51 heavy (non-hydrogen) atoms. The number of pyridine rings is 1. The van der Waals surface area contributed by atoms with Crippen molar-refractivity contribution in [2.75, 3.05) is 30.2 Å². The number of rotatable bonds is 17. The van der Waals surface area contributed by atoms with Crippen molar-refractivity contribution in [3.63, 3.8) is 0 Å². The van der Waals surface area contributed by atoms with Crippen molar-refractivity contribution in [1.82, 2.24) is 14.5 Å². The zero-order valence-corrected chi connectivity index (χ0v) is 28.9. The molecule has 0 radical (unpaired) electrons. The lowest BCUT2D eigenvalue weighted by molar-refractivity contribution is -0.167. The maximum atomic E-state index is 13.8. The monoisotopic (exact) mass is 697 g/mol. The number of amidine groups is 1. The zero-order valence-electron chi connectivity index (χ0n) is 28.9. The number of aliphatic imine (C=N–C) groups is 1. The van der Waals surface area contributed by atoms with E-state index in [2.05, 4.69) is 22.2 Å². The Morgan fingerprint density at radius 1 is 0.980 bits per heavy atom. The van der Waals surface area contributed by atoms with Crippen LogP contribution in [0.3, 0.4) is 0 Å². The van der Waals surface area contributed by atoms with Crippen LogP contribution in [0.15, 0.2) is 71.9 Å². The molecule has 2 amide bonds. The van der Waals surface area contributed by atoms with Crippen LogP contribution in [-0.2, 0) is 37.4 Å². The van der Waals surface area contributed by atoms with E-state index in [4.69, 9.17) is 24.9 Å². The lowest BCUT2D eigenvalue weighted by Crippen LogP contribution is -2.34. The molecule has 2 heterocycles. The van der Waals surface area contributed by atoms with Gasteiger partial charge in [0, 0.05) is 36.6 Å². The third kappa shape index (κ3) is 10.4. The maximum Gasteiger partial charge on any atom is 0.435 e. The third-order valence-corrected chi connectivity index (χ3v) is 8.33. The van der Waals surface area contributed by atoms with E-state index in [0.29, 0.717) is 35.6 Å². The number of amides is 2. The molecule has 0 saturated heterocycles. The number of unbranched alkanes of at least 4 members (excludes halogenated alkanes) is 3. The van der Waals surface area contributed by atoms with Crippen LogP contribution in [0.25, 0.3) is 11.0 Å². The lowest BCUT2D eigenvalue weighted by atomic mass is 10.1. The molecule has 5 rings (SSSR count). The molecule has 1 aliphatic carbocycles. The van der Waals surface area contributed by atoms with Crippen LogP contribution < -0.4 is 16.0 Å². The summed E-state index contributed by atoms with van der Waals surface area (Å²) in [5, 5.41) is 3.34. The Bertz CT molecular complexity index is 1850. The number of hydrogen-bond donors (Lipinski definition) is 2. The van der Waals surface area contributed by atoms with E-state index < -0.39 is 18.9 Å². The van der Waals surface area contributed by atoms with Crippen LogP contribution >= 0.6 is 0 Å². The Labute approximate surface area is 296 Å². The van der Waals surface area contributed by atoms with Crippen LogP contribution in [-0.4, -0.2) is 64.3 Å². The van der Waals surface area contributed by atoms with Crippen molar-refractivity contribution in [1.29, 1.82) is 0 Å². The molecule has 14 heteroatoms. The first-order chi connectivity index (χ1) is 24.7. The van der Waals surface area contributed by atoms with Gasteiger partial charge in [0.2, 0.25) is 6.79 Å². The van der Waals surface area contributed by atoms with Gasteiger partial charge in [-0.25, -0.2) is 14.8 Å². The summed E-state index contributed by atoms with van der Waals surface area (Å²) in [5.41, 5.74) is 9.24. The Balaban J connectivity index is 1.19. The number of anilines is 2. The third-order valence-electron chi connectivity index (χ3n) is 8.33. The van der Waals surface area contributed by atoms with Crippen LogP contribution in [0.4, 0.5) is 16.3 Å². The normalized spacial score (nSPS) is 12.7. The van der Waals surface area contributed by atoms with Crippen molar-refractivity contribution < 1.29 is 33.4 Å². The van der Waals surface area contributed by atoms with Crippen LogP contribution in [0.5, 0.6) is 0 Å². The number of benzene rings is 2. The highest BCUT2D eigenvalue weighted by Crippen LogP contribution is 2.30. The zero-order chi connectivity index (χ0) is 36.2. The first-order valence-electron chi connectivity index (χ1n) is 17.1. The van der Waals surface area contributed by atoms with Gasteiger partial charge in [0.1, 0.15) is 17.5 Å². The number of aryl methyl sites for hydroxylation is 1. The van der Waals surface area contributed by atoms with Gasteiger partial charge in [-0.3, -0.25) is 19.3 Å². The van der Waals surface area contributed by atoms with E-state index in [-0.39, 0.29) is 36.6 Å². The fraction of sp³-hybridized carbons (Fsp3) is 0.378. The minimum absolute atomic E-state index is 0.000179. The van der Waals surface area contributed by atoms with Crippen LogP contribution in [0.1, 0.15) is 73.6 Å². The van der Waals surface area contributed by atoms with Crippen molar-refractivity contribution in [2.45, 2.75) is 58.4 Å². The molecule has 1 aliphatic rings. The van der Waals surface area contributed by atoms with Gasteiger partial charge in [-0.2, -0.15) is 4.99 Å². The highest BCUT2D eigenvalue weighted by Gasteiger charge is 2.31. The molecule has 14 nitrogen and oxygen atoms in total. The van der Waals surface area contributed by atoms with Crippen LogP contribution in [0, 0.1) is 5.92 Å². The predicted molar refractivity (Wildman–Crippen MR) is 191 cm³/mol. The summed E-state index contributed by atoms with van der Waals surface area (Å²) in [7, 11) is 1.89. The maximum absolute atomic E-state index is 13.8. The molecule has 0 unspecified atom stereocenters. The minimum Gasteiger partial charge on any atom is -0.448 e. The number of hydrogen-bond acceptors (Lipinski definition) is 10. The van der Waals surface area contributed by atoms with E-state index in [9.17, 15) is 19.2 Å². The second-order valence-corrected chi connectivity index (χ2v) is 12.2. The fourth-order valence-corrected chi connectivity index (χ4v) is 5.22. The molecule has 2 aromatic carbocycles. The van der Waals surface area contributed by atoms with Gasteiger partial charge in [-0.1, -0.05) is 32.3 Å². The smallest absolute Gasteiger partial charge is 0.435 e. The van der Waals surface area contributed by atoms with E-state index in [1.165, 1.54) is 4.90 Å². The first kappa shape index (κ1) is 36.5. The first-order valence-corrected chi connectivity index (χ1v) is 17.1. The molecule has 0 spiro atoms. The average Bonchev–Trinajstić information content (AvgIpc) is 3.95. The Morgan fingerprint density at radius 3 is 2.49 bits per heavy atom. The van der Waals surface area contributed by atoms with Crippen molar-refractivity contribution >= 4 is 52.3 Å². The average molecular weight is 698 g/mol. The Hall–Kier alpha value is -5.79. The van der Waals surface area contributed by atoms with E-state index in [0.717, 1.165) is 55.6 Å². The summed E-state index contributed by atoms with van der Waals surface area (Å²) in [6.45, 7) is 2.37. The Morgan fingerprint density at radius 2 is 1.76 bits per heavy atom. The van der Waals surface area contributed by atoms with Crippen molar-refractivity contribution in [3.8, 4) is 0 Å². The Kier molecular flexibility index (Phi) is 12.7. The van der Waals surface area contributed by atoms with Gasteiger partial charge in [-0.05, 0) is 73.9 Å². The number of fused-ring (bicyclic) bond motifs is 1. The molecule has 0 atom stereocenters. The molecular weight excluding hydrogens is 654 g/mol. The quantitative estimate of drug-likeness (QED) is 0.0468. The number of carbonyl (C=O) groups is 4. The van der Waals surface area contributed by atoms with E-state index >= 15 is 0 Å². The number of imidazole rings is 1. The molecule has 1 fully saturated rings. The highest BCUT2D eigenvalue weighted by molar-refractivity contribution is 6.07. The largest absolute Gasteiger partial charge is 0.448 e. The summed E-state index contributed by atoms with van der Waals surface area (Å²) in [5.74, 6) is -0.257. The van der Waals surface area contributed by atoms with Gasteiger partial charge in [0.05, 0.1) is 36.5 Å². The summed E-state index contributed by atoms with van der Waals surface area (Å²) < 4.78 is 17.1. The molecular formula is C37H43N7O7. The SMILES string of the molecule is CCCCCCOC(=O)/N=C(/N)c1ccc(NCc2nc3cc(C(=O)N(CCC(=O)OCOC(=O)C4CC4)c4ccccn4)ccc3n2C)cc1. The number of esters is 2. The molecule has 3 N–H and O–H groups in total. The topological polar surface area (TPSA) is 180 Å². The van der Waals surface area contributed by atoms with Crippen molar-refractivity contribution in [3.05, 3.63) is 83.8 Å². The molecule has 0 aliphatic heterocycles. The number of carbonyl (C=O) groups excluding carboxylic acids is 4. The van der Waals surface area contributed by atoms with Crippen molar-refractivity contribution in [2.24, 2.45) is 23.7 Å². The predicted octanol–water partition coefficient (Wildman–Crippen LogP) is 5.49. The number of nitrogens with two attached hydrogens (primary N) is 1. The van der Waals surface area contributed by atoms with Gasteiger partial charge < -0.3 is 29.8 Å². The van der Waals surface area contributed by atoms with Gasteiger partial charge >= 0.3 is 18.0 Å². The van der Waals surface area contributed by atoms with Crippen LogP contribution in [0.2, 0.25) is 0 Å². The summed E-state index contributed by atoms with van der Waals surface area (Å²) in [6, 6.07) is 17.6. The summed E-state index contributed by atoms with van der Waals surface area (Å²) in [6.07, 6.45) is 6.32. The lowest BCUT2D eigenvalue weighted by Gasteiger charge is -2.21. The second kappa shape index (κ2) is 17.7. The van der Waals surface area contributed by atoms with Gasteiger partial charge in [0.15, 0.2) is 0 Å². The molecule has 0 bridgehead atoms. The van der Waals surface area contributed by atoms with Gasteiger partial charge in [0.25, 0.3) is 5.91 Å². The number of aromatic nitrogens is 3. The molecule has 4 aromatic rings.